The molecule has 0 aliphatic carbocycles. The molecule has 0 saturated carbocycles. The molecule has 1 aromatic heterocycles. The molecule has 3 rings (SSSR count). The zero-order valence-corrected chi connectivity index (χ0v) is 15.7. The number of esters is 1. The number of carbonyl (C=O) groups is 1. The Morgan fingerprint density at radius 2 is 1.81 bits per heavy atom. The lowest BCUT2D eigenvalue weighted by Crippen LogP contribution is -2.08. The van der Waals surface area contributed by atoms with Crippen molar-refractivity contribution in [3.05, 3.63) is 64.9 Å². The summed E-state index contributed by atoms with van der Waals surface area (Å²) in [6.45, 7) is 0.0871. The van der Waals surface area contributed by atoms with E-state index in [-0.39, 0.29) is 24.8 Å². The lowest BCUT2D eigenvalue weighted by atomic mass is 10.1. The van der Waals surface area contributed by atoms with Gasteiger partial charge in [-0.2, -0.15) is 0 Å². The Bertz CT molecular complexity index is 924. The smallest absolute Gasteiger partial charge is 0.310 e. The summed E-state index contributed by atoms with van der Waals surface area (Å²) in [7, 11) is 3.10. The minimum Gasteiger partial charge on any atom is -0.493 e. The topological polar surface area (TPSA) is 57.7 Å². The third kappa shape index (κ3) is 4.83. The van der Waals surface area contributed by atoms with E-state index in [0.717, 1.165) is 16.1 Å². The molecule has 5 nitrogen and oxygen atoms in total. The molecule has 140 valence electrons. The maximum Gasteiger partial charge on any atom is 0.310 e. The van der Waals surface area contributed by atoms with E-state index in [0.29, 0.717) is 17.2 Å². The number of thiazole rings is 1. The van der Waals surface area contributed by atoms with Crippen LogP contribution in [0.5, 0.6) is 11.5 Å². The van der Waals surface area contributed by atoms with Gasteiger partial charge in [0, 0.05) is 10.9 Å². The van der Waals surface area contributed by atoms with Crippen molar-refractivity contribution >= 4 is 17.3 Å². The van der Waals surface area contributed by atoms with Crippen LogP contribution < -0.4 is 9.47 Å². The zero-order valence-electron chi connectivity index (χ0n) is 14.9. The first kappa shape index (κ1) is 18.8. The summed E-state index contributed by atoms with van der Waals surface area (Å²) in [5, 5.41) is 2.57. The Morgan fingerprint density at radius 1 is 1.07 bits per heavy atom. The first-order valence-corrected chi connectivity index (χ1v) is 9.04. The van der Waals surface area contributed by atoms with Crippen molar-refractivity contribution in [2.75, 3.05) is 14.2 Å². The summed E-state index contributed by atoms with van der Waals surface area (Å²) in [6.07, 6.45) is 0.120. The summed E-state index contributed by atoms with van der Waals surface area (Å²) in [6, 6.07) is 11.4. The summed E-state index contributed by atoms with van der Waals surface area (Å²) in [4.78, 5) is 16.5. The van der Waals surface area contributed by atoms with Gasteiger partial charge in [0.25, 0.3) is 0 Å². The Kier molecular flexibility index (Phi) is 6.03. The van der Waals surface area contributed by atoms with Crippen LogP contribution in [0.1, 0.15) is 11.3 Å². The highest BCUT2D eigenvalue weighted by Gasteiger charge is 2.11. The highest BCUT2D eigenvalue weighted by molar-refractivity contribution is 7.13. The number of hydrogen-bond acceptors (Lipinski definition) is 6. The summed E-state index contributed by atoms with van der Waals surface area (Å²) in [5.41, 5.74) is 2.24. The molecule has 0 N–H and O–H groups in total. The number of methoxy groups -OCH3 is 2. The molecule has 2 aromatic carbocycles. The molecule has 0 aliphatic heterocycles. The SMILES string of the molecule is COc1ccc(CC(=O)OCc2csc(-c3ccc(F)cc3)n2)cc1OC. The largest absolute Gasteiger partial charge is 0.493 e. The molecular formula is C20H18FNO4S. The second-order valence-electron chi connectivity index (χ2n) is 5.68. The molecule has 0 saturated heterocycles. The number of rotatable bonds is 7. The highest BCUT2D eigenvalue weighted by Crippen LogP contribution is 2.28. The maximum atomic E-state index is 13.0. The van der Waals surface area contributed by atoms with Gasteiger partial charge < -0.3 is 14.2 Å². The van der Waals surface area contributed by atoms with Gasteiger partial charge in [0.05, 0.1) is 26.3 Å². The van der Waals surface area contributed by atoms with Crippen LogP contribution in [0, 0.1) is 5.82 Å². The van der Waals surface area contributed by atoms with Crippen LogP contribution in [0.3, 0.4) is 0 Å². The first-order valence-electron chi connectivity index (χ1n) is 8.16. The Morgan fingerprint density at radius 3 is 2.52 bits per heavy atom. The monoisotopic (exact) mass is 387 g/mol. The van der Waals surface area contributed by atoms with E-state index < -0.39 is 0 Å². The van der Waals surface area contributed by atoms with Gasteiger partial charge in [-0.15, -0.1) is 11.3 Å². The van der Waals surface area contributed by atoms with Crippen LogP contribution >= 0.6 is 11.3 Å². The fourth-order valence-electron chi connectivity index (χ4n) is 2.46. The number of nitrogens with zero attached hydrogens (tertiary/aromatic N) is 1. The molecule has 0 unspecified atom stereocenters. The van der Waals surface area contributed by atoms with Crippen molar-refractivity contribution in [2.24, 2.45) is 0 Å². The van der Waals surface area contributed by atoms with Crippen LogP contribution in [0.15, 0.2) is 47.8 Å². The molecule has 7 heteroatoms. The molecular weight excluding hydrogens is 369 g/mol. The predicted octanol–water partition coefficient (Wildman–Crippen LogP) is 4.25. The van der Waals surface area contributed by atoms with E-state index in [9.17, 15) is 9.18 Å². The Balaban J connectivity index is 1.57. The number of halogens is 1. The van der Waals surface area contributed by atoms with Crippen LogP contribution in [0.2, 0.25) is 0 Å². The number of ether oxygens (including phenoxy) is 3. The third-order valence-corrected chi connectivity index (χ3v) is 4.76. The van der Waals surface area contributed by atoms with Gasteiger partial charge in [-0.1, -0.05) is 6.07 Å². The fraction of sp³-hybridized carbons (Fsp3) is 0.200. The maximum absolute atomic E-state index is 13.0. The van der Waals surface area contributed by atoms with E-state index in [1.165, 1.54) is 23.5 Å². The van der Waals surface area contributed by atoms with Crippen LogP contribution in [0.4, 0.5) is 4.39 Å². The van der Waals surface area contributed by atoms with Crippen molar-refractivity contribution < 1.29 is 23.4 Å². The standard InChI is InChI=1S/C20H18FNO4S/c1-24-17-8-3-13(9-18(17)25-2)10-19(23)26-11-16-12-27-20(22-16)14-4-6-15(21)7-5-14/h3-9,12H,10-11H2,1-2H3. The van der Waals surface area contributed by atoms with Gasteiger partial charge >= 0.3 is 5.97 Å². The number of benzene rings is 2. The molecule has 0 bridgehead atoms. The predicted molar refractivity (Wildman–Crippen MR) is 101 cm³/mol. The second kappa shape index (κ2) is 8.64. The summed E-state index contributed by atoms with van der Waals surface area (Å²) >= 11 is 1.42. The van der Waals surface area contributed by atoms with Crippen LogP contribution in [-0.4, -0.2) is 25.2 Å². The molecule has 3 aromatic rings. The van der Waals surface area contributed by atoms with E-state index in [1.807, 2.05) is 5.38 Å². The van der Waals surface area contributed by atoms with Crippen molar-refractivity contribution in [2.45, 2.75) is 13.0 Å². The summed E-state index contributed by atoms with van der Waals surface area (Å²) in [5.74, 6) is 0.509. The number of aromatic nitrogens is 1. The van der Waals surface area contributed by atoms with Gasteiger partial charge in [-0.25, -0.2) is 9.37 Å². The lowest BCUT2D eigenvalue weighted by molar-refractivity contribution is -0.144. The van der Waals surface area contributed by atoms with Gasteiger partial charge in [0.15, 0.2) is 11.5 Å². The molecule has 0 radical (unpaired) electrons. The van der Waals surface area contributed by atoms with Gasteiger partial charge in [0.2, 0.25) is 0 Å². The minimum atomic E-state index is -0.362. The summed E-state index contributed by atoms with van der Waals surface area (Å²) < 4.78 is 28.7. The van der Waals surface area contributed by atoms with Gasteiger partial charge in [-0.3, -0.25) is 4.79 Å². The number of carbonyl (C=O) groups excluding carboxylic acids is 1. The fourth-order valence-corrected chi connectivity index (χ4v) is 3.27. The first-order chi connectivity index (χ1) is 13.1. The van der Waals surface area contributed by atoms with E-state index in [2.05, 4.69) is 4.98 Å². The molecule has 0 spiro atoms. The van der Waals surface area contributed by atoms with E-state index in [1.54, 1.807) is 44.6 Å². The minimum absolute atomic E-state index is 0.0871. The quantitative estimate of drug-likeness (QED) is 0.567. The van der Waals surface area contributed by atoms with Crippen molar-refractivity contribution in [1.82, 2.24) is 4.98 Å². The van der Waals surface area contributed by atoms with Crippen molar-refractivity contribution in [3.63, 3.8) is 0 Å². The highest BCUT2D eigenvalue weighted by atomic mass is 32.1. The lowest BCUT2D eigenvalue weighted by Gasteiger charge is -2.09. The molecule has 1 heterocycles. The van der Waals surface area contributed by atoms with E-state index in [4.69, 9.17) is 14.2 Å². The zero-order chi connectivity index (χ0) is 19.2. The Labute approximate surface area is 160 Å². The molecule has 0 aliphatic rings. The average molecular weight is 387 g/mol. The number of hydrogen-bond donors (Lipinski definition) is 0. The Hall–Kier alpha value is -2.93. The van der Waals surface area contributed by atoms with Crippen molar-refractivity contribution in [1.29, 1.82) is 0 Å². The third-order valence-electron chi connectivity index (χ3n) is 3.82. The van der Waals surface area contributed by atoms with Gasteiger partial charge in [0.1, 0.15) is 17.4 Å². The molecule has 27 heavy (non-hydrogen) atoms. The van der Waals surface area contributed by atoms with E-state index >= 15 is 0 Å². The molecule has 0 amide bonds. The van der Waals surface area contributed by atoms with Crippen LogP contribution in [0.25, 0.3) is 10.6 Å². The molecule has 0 atom stereocenters. The normalized spacial score (nSPS) is 10.5. The average Bonchev–Trinajstić information content (AvgIpc) is 3.16. The molecule has 0 fully saturated rings. The second-order valence-corrected chi connectivity index (χ2v) is 6.54. The van der Waals surface area contributed by atoms with Crippen molar-refractivity contribution in [3.8, 4) is 22.1 Å². The van der Waals surface area contributed by atoms with Crippen LogP contribution in [-0.2, 0) is 22.6 Å². The van der Waals surface area contributed by atoms with Gasteiger partial charge in [-0.05, 0) is 42.0 Å².